The van der Waals surface area contributed by atoms with Crippen LogP contribution in [-0.2, 0) is 16.1 Å². The fourth-order valence-corrected chi connectivity index (χ4v) is 2.23. The summed E-state index contributed by atoms with van der Waals surface area (Å²) in [6, 6.07) is 14.0. The Morgan fingerprint density at radius 3 is 2.79 bits per heavy atom. The summed E-state index contributed by atoms with van der Waals surface area (Å²) in [4.78, 5) is 28.0. The summed E-state index contributed by atoms with van der Waals surface area (Å²) >= 11 is 0. The van der Waals surface area contributed by atoms with E-state index in [2.05, 4.69) is 4.98 Å². The Morgan fingerprint density at radius 2 is 1.96 bits per heavy atom. The Balaban J connectivity index is 1.60. The van der Waals surface area contributed by atoms with E-state index in [-0.39, 0.29) is 18.8 Å². The molecule has 3 aromatic rings. The molecule has 0 unspecified atom stereocenters. The molecule has 0 bridgehead atoms. The van der Waals surface area contributed by atoms with Gasteiger partial charge in [0.25, 0.3) is 5.56 Å². The number of pyridine rings is 1. The largest absolute Gasteiger partial charge is 0.482 e. The number of nitrogens with zero attached hydrogens (tertiary/aromatic N) is 2. The number of carbonyl (C=O) groups is 1. The molecule has 0 radical (unpaired) electrons. The Hall–Kier alpha value is -3.15. The third-order valence-electron chi connectivity index (χ3n) is 3.44. The molecule has 0 saturated carbocycles. The number of aryl methyl sites for hydroxylation is 1. The van der Waals surface area contributed by atoms with Gasteiger partial charge in [0, 0.05) is 12.3 Å². The van der Waals surface area contributed by atoms with Gasteiger partial charge in [0.2, 0.25) is 0 Å². The van der Waals surface area contributed by atoms with E-state index >= 15 is 0 Å². The van der Waals surface area contributed by atoms with Gasteiger partial charge in [-0.15, -0.1) is 0 Å². The molecule has 0 fully saturated rings. The van der Waals surface area contributed by atoms with Crippen molar-refractivity contribution in [2.45, 2.75) is 13.5 Å². The van der Waals surface area contributed by atoms with E-state index in [1.165, 1.54) is 10.5 Å². The van der Waals surface area contributed by atoms with Crippen LogP contribution in [0.15, 0.2) is 59.5 Å². The second kappa shape index (κ2) is 6.95. The highest BCUT2D eigenvalue weighted by atomic mass is 16.6. The lowest BCUT2D eigenvalue weighted by Crippen LogP contribution is -2.18. The molecule has 6 heteroatoms. The quantitative estimate of drug-likeness (QED) is 0.672. The SMILES string of the molecule is Cc1ccccc1OCC(=O)OCc1cc(=O)n2ccccc2n1. The van der Waals surface area contributed by atoms with E-state index in [1.54, 1.807) is 30.5 Å². The van der Waals surface area contributed by atoms with Gasteiger partial charge in [0.05, 0.1) is 5.69 Å². The first-order chi connectivity index (χ1) is 11.6. The van der Waals surface area contributed by atoms with Gasteiger partial charge in [-0.05, 0) is 30.7 Å². The zero-order valence-corrected chi connectivity index (χ0v) is 13.1. The molecular formula is C18H16N2O4. The maximum atomic E-state index is 12.0. The van der Waals surface area contributed by atoms with Gasteiger partial charge >= 0.3 is 5.97 Å². The number of rotatable bonds is 5. The van der Waals surface area contributed by atoms with Crippen LogP contribution in [0, 0.1) is 6.92 Å². The van der Waals surface area contributed by atoms with Gasteiger partial charge in [-0.2, -0.15) is 0 Å². The Bertz CT molecular complexity index is 933. The highest BCUT2D eigenvalue weighted by Gasteiger charge is 2.08. The van der Waals surface area contributed by atoms with Gasteiger partial charge in [0.1, 0.15) is 18.0 Å². The number of hydrogen-bond donors (Lipinski definition) is 0. The van der Waals surface area contributed by atoms with Crippen LogP contribution in [-0.4, -0.2) is 22.0 Å². The predicted molar refractivity (Wildman–Crippen MR) is 87.9 cm³/mol. The summed E-state index contributed by atoms with van der Waals surface area (Å²) in [5.41, 5.74) is 1.62. The number of carbonyl (C=O) groups excluding carboxylic acids is 1. The predicted octanol–water partition coefficient (Wildman–Crippen LogP) is 2.13. The fraction of sp³-hybridized carbons (Fsp3) is 0.167. The minimum atomic E-state index is -0.520. The van der Waals surface area contributed by atoms with Crippen molar-refractivity contribution in [3.05, 3.63) is 76.3 Å². The first-order valence-electron chi connectivity index (χ1n) is 7.45. The van der Waals surface area contributed by atoms with Gasteiger partial charge in [-0.1, -0.05) is 24.3 Å². The van der Waals surface area contributed by atoms with Gasteiger partial charge < -0.3 is 9.47 Å². The maximum Gasteiger partial charge on any atom is 0.344 e. The zero-order valence-electron chi connectivity index (χ0n) is 13.1. The van der Waals surface area contributed by atoms with Crippen molar-refractivity contribution >= 4 is 11.6 Å². The molecule has 0 spiro atoms. The molecule has 0 atom stereocenters. The maximum absolute atomic E-state index is 12.0. The molecule has 0 aliphatic heterocycles. The lowest BCUT2D eigenvalue weighted by molar-refractivity contribution is -0.147. The molecule has 3 rings (SSSR count). The monoisotopic (exact) mass is 324 g/mol. The first-order valence-corrected chi connectivity index (χ1v) is 7.45. The van der Waals surface area contributed by atoms with Gasteiger partial charge in [0.15, 0.2) is 6.61 Å². The Morgan fingerprint density at radius 1 is 1.17 bits per heavy atom. The fourth-order valence-electron chi connectivity index (χ4n) is 2.23. The summed E-state index contributed by atoms with van der Waals surface area (Å²) < 4.78 is 12.0. The average molecular weight is 324 g/mol. The molecule has 0 saturated heterocycles. The third-order valence-corrected chi connectivity index (χ3v) is 3.44. The van der Waals surface area contributed by atoms with E-state index in [9.17, 15) is 9.59 Å². The van der Waals surface area contributed by atoms with E-state index in [0.717, 1.165) is 5.56 Å². The second-order valence-electron chi connectivity index (χ2n) is 5.23. The number of benzene rings is 1. The molecule has 0 N–H and O–H groups in total. The third kappa shape index (κ3) is 3.60. The van der Waals surface area contributed by atoms with E-state index in [0.29, 0.717) is 17.1 Å². The normalized spacial score (nSPS) is 10.5. The smallest absolute Gasteiger partial charge is 0.344 e. The van der Waals surface area contributed by atoms with Crippen LogP contribution in [0.1, 0.15) is 11.3 Å². The van der Waals surface area contributed by atoms with Gasteiger partial charge in [-0.25, -0.2) is 9.78 Å². The molecular weight excluding hydrogens is 308 g/mol. The molecule has 6 nitrogen and oxygen atoms in total. The minimum absolute atomic E-state index is 0.0728. The van der Waals surface area contributed by atoms with Gasteiger partial charge in [-0.3, -0.25) is 9.20 Å². The van der Waals surface area contributed by atoms with Crippen LogP contribution in [0.3, 0.4) is 0 Å². The van der Waals surface area contributed by atoms with Crippen molar-refractivity contribution in [2.75, 3.05) is 6.61 Å². The number of ether oxygens (including phenoxy) is 2. The highest BCUT2D eigenvalue weighted by molar-refractivity contribution is 5.71. The zero-order chi connectivity index (χ0) is 16.9. The van der Waals surface area contributed by atoms with Crippen LogP contribution in [0.4, 0.5) is 0 Å². The summed E-state index contributed by atoms with van der Waals surface area (Å²) in [6.07, 6.45) is 1.64. The number of aromatic nitrogens is 2. The van der Waals surface area contributed by atoms with Crippen LogP contribution in [0.25, 0.3) is 5.65 Å². The van der Waals surface area contributed by atoms with Crippen molar-refractivity contribution in [3.63, 3.8) is 0 Å². The summed E-state index contributed by atoms with van der Waals surface area (Å²) in [7, 11) is 0. The molecule has 0 aliphatic carbocycles. The van der Waals surface area contributed by atoms with E-state index < -0.39 is 5.97 Å². The van der Waals surface area contributed by atoms with Crippen molar-refractivity contribution in [3.8, 4) is 5.75 Å². The number of hydrogen-bond acceptors (Lipinski definition) is 5. The number of fused-ring (bicyclic) bond motifs is 1. The van der Waals surface area contributed by atoms with Crippen molar-refractivity contribution in [1.82, 2.24) is 9.38 Å². The lowest BCUT2D eigenvalue weighted by Gasteiger charge is -2.09. The number of esters is 1. The van der Waals surface area contributed by atoms with Crippen LogP contribution in [0.5, 0.6) is 5.75 Å². The van der Waals surface area contributed by atoms with Crippen molar-refractivity contribution in [1.29, 1.82) is 0 Å². The van der Waals surface area contributed by atoms with E-state index in [4.69, 9.17) is 9.47 Å². The molecule has 2 aromatic heterocycles. The molecule has 24 heavy (non-hydrogen) atoms. The Kier molecular flexibility index (Phi) is 4.56. The molecule has 1 aromatic carbocycles. The molecule has 0 aliphatic rings. The molecule has 0 amide bonds. The van der Waals surface area contributed by atoms with Crippen LogP contribution < -0.4 is 10.3 Å². The van der Waals surface area contributed by atoms with Crippen molar-refractivity contribution in [2.24, 2.45) is 0 Å². The van der Waals surface area contributed by atoms with Crippen LogP contribution >= 0.6 is 0 Å². The Labute approximate surface area is 138 Å². The van der Waals surface area contributed by atoms with Crippen molar-refractivity contribution < 1.29 is 14.3 Å². The number of para-hydroxylation sites is 1. The summed E-state index contributed by atoms with van der Waals surface area (Å²) in [5.74, 6) is 0.116. The minimum Gasteiger partial charge on any atom is -0.482 e. The average Bonchev–Trinajstić information content (AvgIpc) is 2.59. The molecule has 2 heterocycles. The topological polar surface area (TPSA) is 69.9 Å². The summed E-state index contributed by atoms with van der Waals surface area (Å²) in [6.45, 7) is 1.63. The first kappa shape index (κ1) is 15.7. The summed E-state index contributed by atoms with van der Waals surface area (Å²) in [5, 5.41) is 0. The van der Waals surface area contributed by atoms with E-state index in [1.807, 2.05) is 25.1 Å². The second-order valence-corrected chi connectivity index (χ2v) is 5.23. The highest BCUT2D eigenvalue weighted by Crippen LogP contribution is 2.15. The lowest BCUT2D eigenvalue weighted by atomic mass is 10.2. The van der Waals surface area contributed by atoms with Crippen LogP contribution in [0.2, 0.25) is 0 Å². The molecule has 122 valence electrons. The standard InChI is InChI=1S/C18H16N2O4/c1-13-6-2-3-7-15(13)23-12-18(22)24-11-14-10-17(21)20-9-5-4-8-16(20)19-14/h2-10H,11-12H2,1H3.